The molecular weight excluding hydrogens is 324 g/mol. The van der Waals surface area contributed by atoms with Crippen LogP contribution in [-0.2, 0) is 11.2 Å². The molecule has 3 aromatic rings. The average molecular weight is 348 g/mol. The molecule has 0 bridgehead atoms. The highest BCUT2D eigenvalue weighted by Gasteiger charge is 2.11. The van der Waals surface area contributed by atoms with Crippen molar-refractivity contribution in [3.8, 4) is 5.75 Å². The lowest BCUT2D eigenvalue weighted by atomic mass is 10.1. The predicted molar refractivity (Wildman–Crippen MR) is 104 cm³/mol. The van der Waals surface area contributed by atoms with Crippen molar-refractivity contribution in [3.05, 3.63) is 71.4 Å². The van der Waals surface area contributed by atoms with Gasteiger partial charge < -0.3 is 10.1 Å². The third-order valence-electron chi connectivity index (χ3n) is 4.45. The lowest BCUT2D eigenvalue weighted by molar-refractivity contribution is -0.123. The summed E-state index contributed by atoms with van der Waals surface area (Å²) in [5.41, 5.74) is 4.07. The largest absolute Gasteiger partial charge is 0.481 e. The molecule has 4 nitrogen and oxygen atoms in total. The van der Waals surface area contributed by atoms with Crippen LogP contribution in [0.15, 0.2) is 54.6 Å². The fourth-order valence-electron chi connectivity index (χ4n) is 2.89. The Morgan fingerprint density at radius 1 is 1.12 bits per heavy atom. The summed E-state index contributed by atoms with van der Waals surface area (Å²) in [7, 11) is 0. The van der Waals surface area contributed by atoms with E-state index < -0.39 is 0 Å². The molecule has 26 heavy (non-hydrogen) atoms. The fourth-order valence-corrected chi connectivity index (χ4v) is 2.89. The number of para-hydroxylation sites is 1. The van der Waals surface area contributed by atoms with E-state index in [-0.39, 0.29) is 18.6 Å². The lowest BCUT2D eigenvalue weighted by Gasteiger charge is -2.15. The quantitative estimate of drug-likeness (QED) is 0.720. The Balaban J connectivity index is 1.62. The predicted octanol–water partition coefficient (Wildman–Crippen LogP) is 4.36. The molecule has 4 heteroatoms. The maximum atomic E-state index is 12.3. The fraction of sp³-hybridized carbons (Fsp3) is 0.273. The summed E-state index contributed by atoms with van der Waals surface area (Å²) < 4.78 is 5.73. The van der Waals surface area contributed by atoms with E-state index in [1.165, 1.54) is 5.56 Å². The van der Waals surface area contributed by atoms with Crippen molar-refractivity contribution >= 4 is 16.8 Å². The van der Waals surface area contributed by atoms with Gasteiger partial charge in [-0.15, -0.1) is 0 Å². The summed E-state index contributed by atoms with van der Waals surface area (Å²) in [6.07, 6.45) is 1.01. The molecule has 1 unspecified atom stereocenters. The first-order valence-corrected chi connectivity index (χ1v) is 8.94. The number of nitrogens with zero attached hydrogens (tertiary/aromatic N) is 1. The van der Waals surface area contributed by atoms with Gasteiger partial charge in [-0.3, -0.25) is 4.79 Å². The van der Waals surface area contributed by atoms with Gasteiger partial charge in [-0.1, -0.05) is 49.4 Å². The van der Waals surface area contributed by atoms with E-state index >= 15 is 0 Å². The summed E-state index contributed by atoms with van der Waals surface area (Å²) >= 11 is 0. The maximum Gasteiger partial charge on any atom is 0.258 e. The number of hydrogen-bond donors (Lipinski definition) is 1. The van der Waals surface area contributed by atoms with Crippen LogP contribution in [0.25, 0.3) is 10.9 Å². The van der Waals surface area contributed by atoms with Crippen molar-refractivity contribution in [2.75, 3.05) is 6.61 Å². The van der Waals surface area contributed by atoms with E-state index in [1.807, 2.05) is 44.2 Å². The van der Waals surface area contributed by atoms with Crippen LogP contribution in [0.2, 0.25) is 0 Å². The van der Waals surface area contributed by atoms with Crippen molar-refractivity contribution in [1.29, 1.82) is 0 Å². The minimum absolute atomic E-state index is 0.0356. The van der Waals surface area contributed by atoms with Gasteiger partial charge in [0.15, 0.2) is 6.61 Å². The third kappa shape index (κ3) is 4.20. The van der Waals surface area contributed by atoms with Gasteiger partial charge in [0.1, 0.15) is 11.3 Å². The summed E-state index contributed by atoms with van der Waals surface area (Å²) in [4.78, 5) is 16.8. The van der Waals surface area contributed by atoms with Crippen LogP contribution in [0.5, 0.6) is 5.75 Å². The Bertz CT molecular complexity index is 904. The van der Waals surface area contributed by atoms with E-state index in [0.717, 1.165) is 28.6 Å². The first kappa shape index (κ1) is 17.9. The Morgan fingerprint density at radius 2 is 1.88 bits per heavy atom. The van der Waals surface area contributed by atoms with Gasteiger partial charge in [0.2, 0.25) is 0 Å². The van der Waals surface area contributed by atoms with Gasteiger partial charge in [-0.25, -0.2) is 4.98 Å². The minimum Gasteiger partial charge on any atom is -0.481 e. The van der Waals surface area contributed by atoms with Crippen LogP contribution in [0, 0.1) is 6.92 Å². The molecule has 0 aliphatic rings. The Morgan fingerprint density at radius 3 is 2.62 bits per heavy atom. The van der Waals surface area contributed by atoms with Crippen molar-refractivity contribution in [1.82, 2.24) is 10.3 Å². The zero-order valence-corrected chi connectivity index (χ0v) is 15.5. The maximum absolute atomic E-state index is 12.3. The van der Waals surface area contributed by atoms with Crippen molar-refractivity contribution in [2.24, 2.45) is 0 Å². The normalized spacial score (nSPS) is 12.0. The molecule has 1 heterocycles. The highest BCUT2D eigenvalue weighted by molar-refractivity contribution is 5.85. The minimum atomic E-state index is -0.151. The molecular formula is C22H24N2O2. The number of fused-ring (bicyclic) bond motifs is 1. The van der Waals surface area contributed by atoms with Crippen molar-refractivity contribution in [3.63, 3.8) is 0 Å². The zero-order chi connectivity index (χ0) is 18.5. The van der Waals surface area contributed by atoms with Gasteiger partial charge in [-0.05, 0) is 43.5 Å². The number of nitrogens with one attached hydrogen (secondary N) is 1. The number of carbonyl (C=O) groups is 1. The molecule has 2 aromatic carbocycles. The smallest absolute Gasteiger partial charge is 0.258 e. The van der Waals surface area contributed by atoms with Crippen LogP contribution in [0.3, 0.4) is 0 Å². The third-order valence-corrected chi connectivity index (χ3v) is 4.45. The van der Waals surface area contributed by atoms with E-state index in [2.05, 4.69) is 41.5 Å². The van der Waals surface area contributed by atoms with E-state index in [1.54, 1.807) is 0 Å². The number of pyridine rings is 1. The lowest BCUT2D eigenvalue weighted by Crippen LogP contribution is -2.31. The van der Waals surface area contributed by atoms with Gasteiger partial charge in [0.05, 0.1) is 6.04 Å². The Hall–Kier alpha value is -2.88. The highest BCUT2D eigenvalue weighted by Crippen LogP contribution is 2.24. The SMILES string of the molecule is CCc1ccc(C(C)NC(=O)COc2cccc3ccc(C)nc23)cc1. The number of ether oxygens (including phenoxy) is 1. The number of amides is 1. The molecule has 0 fully saturated rings. The second kappa shape index (κ2) is 8.00. The molecule has 0 radical (unpaired) electrons. The van der Waals surface area contributed by atoms with Gasteiger partial charge in [-0.2, -0.15) is 0 Å². The average Bonchev–Trinajstić information content (AvgIpc) is 2.66. The number of benzene rings is 2. The van der Waals surface area contributed by atoms with Crippen LogP contribution in [0.1, 0.15) is 36.7 Å². The van der Waals surface area contributed by atoms with Crippen LogP contribution < -0.4 is 10.1 Å². The van der Waals surface area contributed by atoms with Gasteiger partial charge in [0.25, 0.3) is 5.91 Å². The number of carbonyl (C=O) groups excluding carboxylic acids is 1. The Kier molecular flexibility index (Phi) is 5.52. The van der Waals surface area contributed by atoms with Crippen LogP contribution in [-0.4, -0.2) is 17.5 Å². The molecule has 1 aromatic heterocycles. The number of aryl methyl sites for hydroxylation is 2. The first-order valence-electron chi connectivity index (χ1n) is 8.94. The summed E-state index contributed by atoms with van der Waals surface area (Å²) in [6.45, 7) is 6.00. The zero-order valence-electron chi connectivity index (χ0n) is 15.5. The topological polar surface area (TPSA) is 51.2 Å². The number of rotatable bonds is 6. The Labute approximate surface area is 154 Å². The standard InChI is InChI=1S/C22H24N2O2/c1-4-17-9-12-18(13-10-17)16(3)24-21(25)14-26-20-7-5-6-19-11-8-15(2)23-22(19)20/h5-13,16H,4,14H2,1-3H3,(H,24,25). The molecule has 0 aliphatic heterocycles. The molecule has 0 saturated carbocycles. The second-order valence-electron chi connectivity index (χ2n) is 6.45. The van der Waals surface area contributed by atoms with E-state index in [4.69, 9.17) is 4.74 Å². The molecule has 0 aliphatic carbocycles. The first-order chi connectivity index (χ1) is 12.6. The van der Waals surface area contributed by atoms with Gasteiger partial charge in [0, 0.05) is 11.1 Å². The van der Waals surface area contributed by atoms with Gasteiger partial charge >= 0.3 is 0 Å². The van der Waals surface area contributed by atoms with Crippen molar-refractivity contribution < 1.29 is 9.53 Å². The molecule has 0 spiro atoms. The van der Waals surface area contributed by atoms with Crippen LogP contribution in [0.4, 0.5) is 0 Å². The molecule has 134 valence electrons. The summed E-state index contributed by atoms with van der Waals surface area (Å²) in [5, 5.41) is 3.98. The molecule has 1 N–H and O–H groups in total. The summed E-state index contributed by atoms with van der Waals surface area (Å²) in [6, 6.07) is 17.9. The monoisotopic (exact) mass is 348 g/mol. The van der Waals surface area contributed by atoms with Crippen molar-refractivity contribution in [2.45, 2.75) is 33.2 Å². The summed E-state index contributed by atoms with van der Waals surface area (Å²) in [5.74, 6) is 0.475. The van der Waals surface area contributed by atoms with Crippen LogP contribution >= 0.6 is 0 Å². The molecule has 0 saturated heterocycles. The highest BCUT2D eigenvalue weighted by atomic mass is 16.5. The molecule has 1 amide bonds. The van der Waals surface area contributed by atoms with E-state index in [0.29, 0.717) is 5.75 Å². The molecule has 1 atom stereocenters. The second-order valence-corrected chi connectivity index (χ2v) is 6.45. The van der Waals surface area contributed by atoms with E-state index in [9.17, 15) is 4.79 Å². The number of hydrogen-bond acceptors (Lipinski definition) is 3. The molecule has 3 rings (SSSR count). The number of aromatic nitrogens is 1.